The Labute approximate surface area is 459 Å². The summed E-state index contributed by atoms with van der Waals surface area (Å²) in [7, 11) is 0. The minimum atomic E-state index is -5.79. The molecule has 6 unspecified atom stereocenters. The van der Waals surface area contributed by atoms with Gasteiger partial charge in [0.25, 0.3) is 0 Å². The molecule has 0 bridgehead atoms. The van der Waals surface area contributed by atoms with Crippen LogP contribution in [0.3, 0.4) is 0 Å². The number of unbranched alkanes of at least 4 members (excludes halogenated alkanes) is 7. The summed E-state index contributed by atoms with van der Waals surface area (Å²) in [6, 6.07) is 9.70. The van der Waals surface area contributed by atoms with Crippen LogP contribution in [0.2, 0.25) is 0 Å². The van der Waals surface area contributed by atoms with E-state index in [4.69, 9.17) is 0 Å². The highest BCUT2D eigenvalue weighted by Crippen LogP contribution is 2.71. The number of nitrogens with one attached hydrogen (secondary N) is 1. The van der Waals surface area contributed by atoms with Gasteiger partial charge in [-0.1, -0.05) is 142 Å². The smallest absolute Gasteiger partial charge is 0.195 e. The first-order valence-corrected chi connectivity index (χ1v) is 26.9. The third kappa shape index (κ3) is 10.4. The maximum Gasteiger partial charge on any atom is 0.195 e. The van der Waals surface area contributed by atoms with E-state index in [0.717, 1.165) is 5.92 Å². The lowest BCUT2D eigenvalue weighted by molar-refractivity contribution is -0.833. The fraction of sp³-hybridized carbons (Fsp3) is 0.367. The van der Waals surface area contributed by atoms with E-state index in [9.17, 15) is 17.6 Å². The number of quaternary nitrogens is 1. The Hall–Kier alpha value is -6.32. The molecule has 82 heavy (non-hydrogen) atoms. The molecule has 4 aliphatic rings. The van der Waals surface area contributed by atoms with Crippen molar-refractivity contribution in [3.8, 4) is 0 Å². The molecule has 0 amide bonds. The van der Waals surface area contributed by atoms with Crippen LogP contribution in [0.4, 0.5) is 93.5 Å². The van der Waals surface area contributed by atoms with Crippen molar-refractivity contribution >= 4 is 35.1 Å². The van der Waals surface area contributed by atoms with E-state index in [1.165, 1.54) is 95.8 Å². The molecule has 0 fully saturated rings. The van der Waals surface area contributed by atoms with E-state index >= 15 is 70.2 Å². The second-order valence-electron chi connectivity index (χ2n) is 21.3. The average Bonchev–Trinajstić information content (AvgIpc) is 2.68. The highest BCUT2D eigenvalue weighted by molar-refractivity contribution is 6.88. The third-order valence-corrected chi connectivity index (χ3v) is 16.9. The summed E-state index contributed by atoms with van der Waals surface area (Å²) in [5.41, 5.74) is -14.0. The predicted molar refractivity (Wildman–Crippen MR) is 271 cm³/mol. The van der Waals surface area contributed by atoms with E-state index in [2.05, 4.69) is 51.1 Å². The van der Waals surface area contributed by atoms with Crippen molar-refractivity contribution in [1.29, 1.82) is 0 Å². The van der Waals surface area contributed by atoms with Gasteiger partial charge >= 0.3 is 0 Å². The number of fused-ring (bicyclic) bond motifs is 4. The zero-order chi connectivity index (χ0) is 60.0. The van der Waals surface area contributed by atoms with Crippen LogP contribution in [0.1, 0.15) is 166 Å². The molecule has 0 saturated heterocycles. The van der Waals surface area contributed by atoms with E-state index in [-0.39, 0.29) is 24.3 Å². The van der Waals surface area contributed by atoms with Crippen molar-refractivity contribution < 1.29 is 92.7 Å². The summed E-state index contributed by atoms with van der Waals surface area (Å²) in [4.78, 5) is 1.71. The van der Waals surface area contributed by atoms with Crippen molar-refractivity contribution in [3.63, 3.8) is 0 Å². The molecule has 0 radical (unpaired) electrons. The van der Waals surface area contributed by atoms with Gasteiger partial charge in [-0.05, 0) is 61.6 Å². The molecule has 9 rings (SSSR count). The van der Waals surface area contributed by atoms with Gasteiger partial charge < -0.3 is 4.90 Å². The largest absolute Gasteiger partial charge is 0.302 e. The number of halogens is 20. The Morgan fingerprint density at radius 3 is 1.00 bits per heavy atom. The van der Waals surface area contributed by atoms with Gasteiger partial charge in [0, 0.05) is 0 Å². The molecule has 22 heteroatoms. The zero-order valence-electron chi connectivity index (χ0n) is 44.1. The molecule has 0 saturated carbocycles. The van der Waals surface area contributed by atoms with Gasteiger partial charge in [-0.25, -0.2) is 87.8 Å². The predicted octanol–water partition coefficient (Wildman–Crippen LogP) is 19.4. The maximum absolute atomic E-state index is 16.9. The molecule has 1 nitrogen and oxygen atoms in total. The molecule has 0 aromatic heterocycles. The average molecular weight is 1180 g/mol. The second kappa shape index (κ2) is 24.9. The van der Waals surface area contributed by atoms with Crippen molar-refractivity contribution in [3.05, 3.63) is 192 Å². The number of benzene rings is 5. The molecule has 0 aliphatic heterocycles. The first kappa shape index (κ1) is 61.7. The molecule has 440 valence electrons. The first-order valence-electron chi connectivity index (χ1n) is 26.9. The lowest BCUT2D eigenvalue weighted by Crippen LogP contribution is -3.07. The normalized spacial score (nSPS) is 19.6. The first-order chi connectivity index (χ1) is 38.9. The van der Waals surface area contributed by atoms with Crippen molar-refractivity contribution in [2.75, 3.05) is 13.1 Å². The van der Waals surface area contributed by atoms with Gasteiger partial charge in [0.05, 0.1) is 41.5 Å². The molecular weight excluding hydrogens is 1130 g/mol. The van der Waals surface area contributed by atoms with E-state index in [1.807, 2.05) is 0 Å². The molecule has 1 N–H and O–H groups in total. The fourth-order valence-corrected chi connectivity index (χ4v) is 13.1. The van der Waals surface area contributed by atoms with Gasteiger partial charge in [0.1, 0.15) is 29.0 Å². The molecule has 0 heterocycles. The molecule has 6 atom stereocenters. The Morgan fingerprint density at radius 1 is 0.366 bits per heavy atom. The molecule has 5 aromatic rings. The van der Waals surface area contributed by atoms with Crippen LogP contribution in [-0.2, 0) is 0 Å². The third-order valence-electron chi connectivity index (χ3n) is 16.9. The standard InChI is InChI=1S/C36H8BF20.C24H43N/c38-9-1-5-13(25(46)21(9)42)29(50)33(54)17(5)37(18-6-2-10(39)22(43)26(47)14(6)30(51)34(18)55,19-7-3-11(40)23(44)27(48)15(7)31(52)35(19)56)20-8-4-12(41)24(45)28(49)16(8)32(53)36(20)57;1-4-7-9-10-11-12-16-21-25(24-18-14-13-15-19-24)22-20-23(6-3)17-8-5-2/h1-4,17-20H;13-15,18-19,23H,4-12,16-17,20-22H2,1-3H3/q-1;/p+1. The van der Waals surface area contributed by atoms with Crippen LogP contribution in [0.25, 0.3) is 23.3 Å². The number of rotatable bonds is 20. The Morgan fingerprint density at radius 2 is 0.683 bits per heavy atom. The molecule has 5 aromatic carbocycles. The summed E-state index contributed by atoms with van der Waals surface area (Å²) in [5.74, 6) is -66.9. The topological polar surface area (TPSA) is 4.44 Å². The lowest BCUT2D eigenvalue weighted by Gasteiger charge is -2.57. The van der Waals surface area contributed by atoms with Crippen LogP contribution in [0.5, 0.6) is 0 Å². The SMILES string of the molecule is CCCCCCCCC[NH+](CCC(CC)CCCC)c1ccccc1.FC1=C(F)C([B-](C2C(F)=C(F)c3c2cc(F)c(F)c3F)(C2C(F)=C(F)c3c2cc(F)c(F)c3F)C2C(F)=C(F)c3c2cc(F)c(F)c3F)c2cc(F)c(F)c(F)c21. The van der Waals surface area contributed by atoms with Crippen LogP contribution in [0, 0.1) is 75.7 Å². The van der Waals surface area contributed by atoms with E-state index in [0.29, 0.717) is 0 Å². The van der Waals surface area contributed by atoms with Crippen molar-refractivity contribution in [2.24, 2.45) is 5.92 Å². The van der Waals surface area contributed by atoms with Gasteiger partial charge in [-0.2, -0.15) is 0 Å². The highest BCUT2D eigenvalue weighted by atomic mass is 19.2. The lowest BCUT2D eigenvalue weighted by atomic mass is 9.02. The fourth-order valence-electron chi connectivity index (χ4n) is 13.1. The monoisotopic (exact) mass is 1180 g/mol. The van der Waals surface area contributed by atoms with Crippen molar-refractivity contribution in [1.82, 2.24) is 0 Å². The Bertz CT molecular complexity index is 3050. The Balaban J connectivity index is 0.000000297. The van der Waals surface area contributed by atoms with Crippen LogP contribution >= 0.6 is 0 Å². The number of allylic oxidation sites excluding steroid dienone is 4. The zero-order valence-corrected chi connectivity index (χ0v) is 44.1. The molecule has 0 spiro atoms. The summed E-state index contributed by atoms with van der Waals surface area (Å²) in [6.07, 6.45) is 10.9. The van der Waals surface area contributed by atoms with Gasteiger partial charge in [0.15, 0.2) is 93.1 Å². The summed E-state index contributed by atoms with van der Waals surface area (Å²) in [6.45, 7) is 9.60. The van der Waals surface area contributed by atoms with Crippen molar-refractivity contribution in [2.45, 2.75) is 121 Å². The van der Waals surface area contributed by atoms with Crippen LogP contribution in [-0.4, -0.2) is 19.2 Å². The minimum absolute atomic E-state index is 0.375. The second-order valence-corrected chi connectivity index (χ2v) is 21.3. The quantitative estimate of drug-likeness (QED) is 0.0343. The Kier molecular flexibility index (Phi) is 18.7. The maximum atomic E-state index is 16.9. The van der Waals surface area contributed by atoms with Gasteiger partial charge in [-0.3, -0.25) is 0 Å². The summed E-state index contributed by atoms with van der Waals surface area (Å²) in [5, 5.41) is 0. The van der Waals surface area contributed by atoms with Gasteiger partial charge in [-0.15, -0.1) is 0 Å². The summed E-state index contributed by atoms with van der Waals surface area (Å²) < 4.78 is 312. The molecular formula is C60H52BF20N. The van der Waals surface area contributed by atoms with Crippen LogP contribution in [0.15, 0.2) is 77.9 Å². The van der Waals surface area contributed by atoms with Gasteiger partial charge in [0.2, 0.25) is 0 Å². The van der Waals surface area contributed by atoms with Crippen LogP contribution < -0.4 is 4.90 Å². The number of para-hydroxylation sites is 1. The highest BCUT2D eigenvalue weighted by Gasteiger charge is 2.65. The minimum Gasteiger partial charge on any atom is -0.302 e. The number of hydrogen-bond acceptors (Lipinski definition) is 0. The van der Waals surface area contributed by atoms with E-state index < -0.39 is 190 Å². The number of hydrogen-bond donors (Lipinski definition) is 1. The molecule has 4 aliphatic carbocycles. The summed E-state index contributed by atoms with van der Waals surface area (Å²) >= 11 is 0. The van der Waals surface area contributed by atoms with E-state index in [1.54, 1.807) is 4.90 Å².